The summed E-state index contributed by atoms with van der Waals surface area (Å²) in [6, 6.07) is 7.03. The first-order chi connectivity index (χ1) is 11.9. The van der Waals surface area contributed by atoms with Gasteiger partial charge in [0.05, 0.1) is 21.7 Å². The molecule has 26 heavy (non-hydrogen) atoms. The van der Waals surface area contributed by atoms with Gasteiger partial charge in [0, 0.05) is 5.56 Å². The summed E-state index contributed by atoms with van der Waals surface area (Å²) in [5.74, 6) is -2.73. The lowest BCUT2D eigenvalue weighted by Gasteiger charge is -2.17. The van der Waals surface area contributed by atoms with E-state index in [0.29, 0.717) is 0 Å². The second-order valence-electron chi connectivity index (χ2n) is 5.03. The number of nitrogens with one attached hydrogen (secondary N) is 1. The van der Waals surface area contributed by atoms with Crippen molar-refractivity contribution in [1.82, 2.24) is 5.32 Å². The number of benzene rings is 2. The van der Waals surface area contributed by atoms with Crippen molar-refractivity contribution in [3.05, 3.63) is 69.7 Å². The van der Waals surface area contributed by atoms with E-state index in [2.05, 4.69) is 0 Å². The molecule has 10 heteroatoms. The van der Waals surface area contributed by atoms with E-state index in [-0.39, 0.29) is 17.7 Å². The Bertz CT molecular complexity index is 846. The Kier molecular flexibility index (Phi) is 5.31. The standard InChI is InChI=1S/C16H8ClF6NO2/c17-11-7-9(15(18,19)20)6-10(12(11)16(21,22)23)14(26)24-13(25)8-4-2-1-3-5-8/h1-7H,(H,24,25,26). The summed E-state index contributed by atoms with van der Waals surface area (Å²) in [4.78, 5) is 24.0. The maximum atomic E-state index is 13.1. The molecule has 3 nitrogen and oxygen atoms in total. The summed E-state index contributed by atoms with van der Waals surface area (Å²) in [6.07, 6.45) is -10.2. The van der Waals surface area contributed by atoms with Crippen LogP contribution in [0.25, 0.3) is 0 Å². The van der Waals surface area contributed by atoms with Crippen molar-refractivity contribution < 1.29 is 35.9 Å². The number of hydrogen-bond acceptors (Lipinski definition) is 2. The third kappa shape index (κ3) is 4.34. The van der Waals surface area contributed by atoms with E-state index >= 15 is 0 Å². The van der Waals surface area contributed by atoms with E-state index in [4.69, 9.17) is 11.6 Å². The molecule has 0 bridgehead atoms. The van der Waals surface area contributed by atoms with E-state index in [0.717, 1.165) is 0 Å². The van der Waals surface area contributed by atoms with Crippen molar-refractivity contribution in [2.75, 3.05) is 0 Å². The Morgan fingerprint density at radius 3 is 1.92 bits per heavy atom. The second-order valence-corrected chi connectivity index (χ2v) is 5.43. The van der Waals surface area contributed by atoms with E-state index in [9.17, 15) is 35.9 Å². The van der Waals surface area contributed by atoms with Crippen molar-refractivity contribution in [1.29, 1.82) is 0 Å². The number of imide groups is 1. The quantitative estimate of drug-likeness (QED) is 0.578. The van der Waals surface area contributed by atoms with Crippen molar-refractivity contribution >= 4 is 23.4 Å². The Hall–Kier alpha value is -2.55. The molecule has 1 N–H and O–H groups in total. The molecule has 2 rings (SSSR count). The molecule has 0 atom stereocenters. The Labute approximate surface area is 147 Å². The Morgan fingerprint density at radius 1 is 0.846 bits per heavy atom. The van der Waals surface area contributed by atoms with Gasteiger partial charge in [-0.3, -0.25) is 14.9 Å². The lowest BCUT2D eigenvalue weighted by molar-refractivity contribution is -0.141. The average Bonchev–Trinajstić information content (AvgIpc) is 2.52. The normalized spacial score (nSPS) is 12.0. The van der Waals surface area contributed by atoms with Gasteiger partial charge in [-0.2, -0.15) is 26.3 Å². The van der Waals surface area contributed by atoms with Crippen molar-refractivity contribution in [2.45, 2.75) is 12.4 Å². The summed E-state index contributed by atoms with van der Waals surface area (Å²) in [6.45, 7) is 0. The van der Waals surface area contributed by atoms with Crippen LogP contribution in [-0.2, 0) is 12.4 Å². The molecule has 0 spiro atoms. The highest BCUT2D eigenvalue weighted by molar-refractivity contribution is 6.32. The number of halogens is 7. The van der Waals surface area contributed by atoms with Gasteiger partial charge in [-0.1, -0.05) is 29.8 Å². The first-order valence-corrected chi connectivity index (χ1v) is 7.17. The van der Waals surface area contributed by atoms with Crippen LogP contribution in [0.3, 0.4) is 0 Å². The fraction of sp³-hybridized carbons (Fsp3) is 0.125. The summed E-state index contributed by atoms with van der Waals surface area (Å²) in [5, 5.41) is 0.326. The van der Waals surface area contributed by atoms with Crippen molar-refractivity contribution in [3.63, 3.8) is 0 Å². The minimum atomic E-state index is -5.20. The van der Waals surface area contributed by atoms with Crippen LogP contribution in [0, 0.1) is 0 Å². The van der Waals surface area contributed by atoms with Crippen LogP contribution in [-0.4, -0.2) is 11.8 Å². The number of carbonyl (C=O) groups is 2. The van der Waals surface area contributed by atoms with Gasteiger partial charge in [0.25, 0.3) is 11.8 Å². The Balaban J connectivity index is 2.50. The molecular formula is C16H8ClF6NO2. The molecule has 0 aliphatic heterocycles. The van der Waals surface area contributed by atoms with Gasteiger partial charge in [0.15, 0.2) is 0 Å². The molecule has 0 aliphatic rings. The number of carbonyl (C=O) groups excluding carboxylic acids is 2. The molecule has 138 valence electrons. The summed E-state index contributed by atoms with van der Waals surface area (Å²) >= 11 is 5.34. The molecule has 2 amide bonds. The molecule has 0 radical (unpaired) electrons. The number of hydrogen-bond donors (Lipinski definition) is 1. The number of amides is 2. The van der Waals surface area contributed by atoms with Gasteiger partial charge in [-0.05, 0) is 24.3 Å². The SMILES string of the molecule is O=C(NC(=O)c1cc(C(F)(F)F)cc(Cl)c1C(F)(F)F)c1ccccc1. The van der Waals surface area contributed by atoms with Crippen LogP contribution in [0.1, 0.15) is 31.8 Å². The van der Waals surface area contributed by atoms with Gasteiger partial charge < -0.3 is 0 Å². The monoisotopic (exact) mass is 395 g/mol. The first kappa shape index (κ1) is 19.8. The minimum absolute atomic E-state index is 0.00229. The predicted molar refractivity (Wildman–Crippen MR) is 79.7 cm³/mol. The zero-order chi connectivity index (χ0) is 19.7. The smallest absolute Gasteiger partial charge is 0.288 e. The van der Waals surface area contributed by atoms with Gasteiger partial charge in [-0.25, -0.2) is 0 Å². The van der Waals surface area contributed by atoms with Crippen molar-refractivity contribution in [2.24, 2.45) is 0 Å². The highest BCUT2D eigenvalue weighted by Crippen LogP contribution is 2.41. The molecular weight excluding hydrogens is 388 g/mol. The van der Waals surface area contributed by atoms with Crippen LogP contribution >= 0.6 is 11.6 Å². The second kappa shape index (κ2) is 6.99. The third-order valence-electron chi connectivity index (χ3n) is 3.21. The summed E-state index contributed by atoms with van der Waals surface area (Å²) in [5.41, 5.74) is -4.77. The Morgan fingerprint density at radius 2 is 1.42 bits per heavy atom. The fourth-order valence-corrected chi connectivity index (χ4v) is 2.40. The van der Waals surface area contributed by atoms with Crippen LogP contribution in [0.2, 0.25) is 5.02 Å². The molecule has 0 saturated heterocycles. The van der Waals surface area contributed by atoms with Crippen LogP contribution in [0.15, 0.2) is 42.5 Å². The van der Waals surface area contributed by atoms with E-state index < -0.39 is 45.9 Å². The third-order valence-corrected chi connectivity index (χ3v) is 3.51. The molecule has 0 saturated carbocycles. The average molecular weight is 396 g/mol. The van der Waals surface area contributed by atoms with Gasteiger partial charge in [0.1, 0.15) is 0 Å². The molecule has 2 aromatic rings. The van der Waals surface area contributed by atoms with Crippen LogP contribution < -0.4 is 5.32 Å². The predicted octanol–water partition coefficient (Wildman–Crippen LogP) is 4.95. The highest BCUT2D eigenvalue weighted by atomic mass is 35.5. The topological polar surface area (TPSA) is 46.2 Å². The molecule has 0 aromatic heterocycles. The van der Waals surface area contributed by atoms with E-state index in [1.54, 1.807) is 11.4 Å². The zero-order valence-corrected chi connectivity index (χ0v) is 13.3. The lowest BCUT2D eigenvalue weighted by atomic mass is 10.0. The van der Waals surface area contributed by atoms with Gasteiger partial charge in [-0.15, -0.1) is 0 Å². The number of rotatable bonds is 2. The van der Waals surface area contributed by atoms with E-state index in [1.165, 1.54) is 24.3 Å². The van der Waals surface area contributed by atoms with Crippen LogP contribution in [0.5, 0.6) is 0 Å². The molecule has 2 aromatic carbocycles. The largest absolute Gasteiger partial charge is 0.418 e. The fourth-order valence-electron chi connectivity index (χ4n) is 2.07. The zero-order valence-electron chi connectivity index (χ0n) is 12.5. The summed E-state index contributed by atoms with van der Waals surface area (Å²) < 4.78 is 77.9. The molecule has 0 fully saturated rings. The van der Waals surface area contributed by atoms with Gasteiger partial charge >= 0.3 is 12.4 Å². The first-order valence-electron chi connectivity index (χ1n) is 6.80. The maximum absolute atomic E-state index is 13.1. The maximum Gasteiger partial charge on any atom is 0.418 e. The highest BCUT2D eigenvalue weighted by Gasteiger charge is 2.41. The molecule has 0 unspecified atom stereocenters. The minimum Gasteiger partial charge on any atom is -0.288 e. The lowest BCUT2D eigenvalue weighted by Crippen LogP contribution is -2.32. The summed E-state index contributed by atoms with van der Waals surface area (Å²) in [7, 11) is 0. The van der Waals surface area contributed by atoms with Gasteiger partial charge in [0.2, 0.25) is 0 Å². The molecule has 0 heterocycles. The van der Waals surface area contributed by atoms with Crippen molar-refractivity contribution in [3.8, 4) is 0 Å². The molecule has 0 aliphatic carbocycles. The van der Waals surface area contributed by atoms with Crippen LogP contribution in [0.4, 0.5) is 26.3 Å². The van der Waals surface area contributed by atoms with E-state index in [1.807, 2.05) is 0 Å². The number of alkyl halides is 6.